The molecular formula is C12H13ClO2. The predicted octanol–water partition coefficient (Wildman–Crippen LogP) is 3.12. The molecule has 0 unspecified atom stereocenters. The minimum atomic E-state index is -0.0313. The molecule has 0 bridgehead atoms. The number of benzene rings is 1. The third-order valence-electron chi connectivity index (χ3n) is 1.85. The van der Waals surface area contributed by atoms with Gasteiger partial charge in [0.1, 0.15) is 6.61 Å². The first-order valence-electron chi connectivity index (χ1n) is 4.71. The van der Waals surface area contributed by atoms with Gasteiger partial charge in [-0.2, -0.15) is 0 Å². The maximum atomic E-state index is 11.5. The molecule has 1 rings (SSSR count). The molecule has 0 aliphatic heterocycles. The molecule has 0 fully saturated rings. The SMILES string of the molecule is CC=CCOCC(=O)c1ccc(Cl)cc1. The summed E-state index contributed by atoms with van der Waals surface area (Å²) in [6, 6.07) is 6.79. The van der Waals surface area contributed by atoms with Gasteiger partial charge in [-0.15, -0.1) is 0 Å². The van der Waals surface area contributed by atoms with Gasteiger partial charge in [0.05, 0.1) is 6.61 Å². The van der Waals surface area contributed by atoms with Crippen molar-refractivity contribution in [2.45, 2.75) is 6.92 Å². The van der Waals surface area contributed by atoms with E-state index in [4.69, 9.17) is 16.3 Å². The molecule has 3 heteroatoms. The van der Waals surface area contributed by atoms with Crippen molar-refractivity contribution in [1.29, 1.82) is 0 Å². The summed E-state index contributed by atoms with van der Waals surface area (Å²) in [6.45, 7) is 2.48. The topological polar surface area (TPSA) is 26.3 Å². The van der Waals surface area contributed by atoms with Gasteiger partial charge in [0.15, 0.2) is 5.78 Å². The summed E-state index contributed by atoms with van der Waals surface area (Å²) in [5, 5.41) is 0.626. The fourth-order valence-corrected chi connectivity index (χ4v) is 1.16. The monoisotopic (exact) mass is 224 g/mol. The molecule has 0 aliphatic carbocycles. The lowest BCUT2D eigenvalue weighted by molar-refractivity contribution is 0.0806. The summed E-state index contributed by atoms with van der Waals surface area (Å²) in [7, 11) is 0. The first-order valence-corrected chi connectivity index (χ1v) is 5.09. The zero-order valence-corrected chi connectivity index (χ0v) is 9.33. The highest BCUT2D eigenvalue weighted by atomic mass is 35.5. The summed E-state index contributed by atoms with van der Waals surface area (Å²) in [4.78, 5) is 11.5. The van der Waals surface area contributed by atoms with Crippen molar-refractivity contribution < 1.29 is 9.53 Å². The zero-order valence-electron chi connectivity index (χ0n) is 8.57. The van der Waals surface area contributed by atoms with E-state index in [0.29, 0.717) is 17.2 Å². The van der Waals surface area contributed by atoms with Crippen LogP contribution in [0.4, 0.5) is 0 Å². The number of hydrogen-bond acceptors (Lipinski definition) is 2. The second-order valence-corrected chi connectivity index (χ2v) is 3.45. The first kappa shape index (κ1) is 12.0. The molecular weight excluding hydrogens is 212 g/mol. The molecule has 0 amide bonds. The fourth-order valence-electron chi connectivity index (χ4n) is 1.04. The first-order chi connectivity index (χ1) is 7.24. The second kappa shape index (κ2) is 6.38. The Morgan fingerprint density at radius 1 is 1.40 bits per heavy atom. The van der Waals surface area contributed by atoms with Crippen LogP contribution in [-0.4, -0.2) is 19.0 Å². The van der Waals surface area contributed by atoms with Crippen molar-refractivity contribution in [2.24, 2.45) is 0 Å². The molecule has 1 aromatic carbocycles. The lowest BCUT2D eigenvalue weighted by Gasteiger charge is -2.01. The van der Waals surface area contributed by atoms with Crippen LogP contribution < -0.4 is 0 Å². The number of Topliss-reactive ketones (excluding diaryl/α,β-unsaturated/α-hetero) is 1. The Morgan fingerprint density at radius 3 is 2.67 bits per heavy atom. The van der Waals surface area contributed by atoms with Gasteiger partial charge in [-0.25, -0.2) is 0 Å². The van der Waals surface area contributed by atoms with Crippen molar-refractivity contribution in [3.05, 3.63) is 47.0 Å². The van der Waals surface area contributed by atoms with E-state index in [1.54, 1.807) is 24.3 Å². The van der Waals surface area contributed by atoms with E-state index in [-0.39, 0.29) is 12.4 Å². The predicted molar refractivity (Wildman–Crippen MR) is 61.4 cm³/mol. The maximum Gasteiger partial charge on any atom is 0.188 e. The van der Waals surface area contributed by atoms with Gasteiger partial charge in [-0.05, 0) is 31.2 Å². The Kier molecular flexibility index (Phi) is 5.08. The maximum absolute atomic E-state index is 11.5. The normalized spacial score (nSPS) is 10.8. The van der Waals surface area contributed by atoms with Crippen molar-refractivity contribution in [1.82, 2.24) is 0 Å². The average molecular weight is 225 g/mol. The standard InChI is InChI=1S/C12H13ClO2/c1-2-3-8-15-9-12(14)10-4-6-11(13)7-5-10/h2-7H,8-9H2,1H3. The van der Waals surface area contributed by atoms with E-state index in [2.05, 4.69) is 0 Å². The van der Waals surface area contributed by atoms with Crippen molar-refractivity contribution >= 4 is 17.4 Å². The van der Waals surface area contributed by atoms with Crippen molar-refractivity contribution in [3.63, 3.8) is 0 Å². The highest BCUT2D eigenvalue weighted by molar-refractivity contribution is 6.30. The number of carbonyl (C=O) groups is 1. The minimum absolute atomic E-state index is 0.0313. The largest absolute Gasteiger partial charge is 0.369 e. The lowest BCUT2D eigenvalue weighted by Crippen LogP contribution is -2.08. The lowest BCUT2D eigenvalue weighted by atomic mass is 10.1. The van der Waals surface area contributed by atoms with Gasteiger partial charge in [0.2, 0.25) is 0 Å². The summed E-state index contributed by atoms with van der Waals surface area (Å²) < 4.78 is 5.15. The van der Waals surface area contributed by atoms with E-state index >= 15 is 0 Å². The van der Waals surface area contributed by atoms with Crippen LogP contribution in [0.5, 0.6) is 0 Å². The van der Waals surface area contributed by atoms with E-state index in [1.165, 1.54) is 0 Å². The number of ketones is 1. The molecule has 0 atom stereocenters. The molecule has 2 nitrogen and oxygen atoms in total. The quantitative estimate of drug-likeness (QED) is 0.436. The molecule has 0 saturated carbocycles. The van der Waals surface area contributed by atoms with E-state index in [0.717, 1.165) is 0 Å². The Balaban J connectivity index is 2.43. The molecule has 0 aromatic heterocycles. The molecule has 0 N–H and O–H groups in total. The molecule has 0 spiro atoms. The third kappa shape index (κ3) is 4.28. The summed E-state index contributed by atoms with van der Waals surface area (Å²) in [5.41, 5.74) is 0.625. The van der Waals surface area contributed by atoms with E-state index in [9.17, 15) is 4.79 Å². The van der Waals surface area contributed by atoms with Crippen LogP contribution in [0.3, 0.4) is 0 Å². The Hall–Kier alpha value is -1.12. The number of carbonyl (C=O) groups excluding carboxylic acids is 1. The Morgan fingerprint density at radius 2 is 2.07 bits per heavy atom. The van der Waals surface area contributed by atoms with Crippen LogP contribution in [0.15, 0.2) is 36.4 Å². The zero-order chi connectivity index (χ0) is 11.1. The van der Waals surface area contributed by atoms with E-state index < -0.39 is 0 Å². The van der Waals surface area contributed by atoms with Crippen LogP contribution in [0, 0.1) is 0 Å². The highest BCUT2D eigenvalue weighted by Crippen LogP contribution is 2.09. The number of halogens is 1. The van der Waals surface area contributed by atoms with Crippen LogP contribution in [0.1, 0.15) is 17.3 Å². The smallest absolute Gasteiger partial charge is 0.188 e. The van der Waals surface area contributed by atoms with Gasteiger partial charge in [0.25, 0.3) is 0 Å². The summed E-state index contributed by atoms with van der Waals surface area (Å²) in [6.07, 6.45) is 3.74. The third-order valence-corrected chi connectivity index (χ3v) is 2.10. The highest BCUT2D eigenvalue weighted by Gasteiger charge is 2.04. The van der Waals surface area contributed by atoms with Crippen molar-refractivity contribution in [2.75, 3.05) is 13.2 Å². The second-order valence-electron chi connectivity index (χ2n) is 3.01. The van der Waals surface area contributed by atoms with Gasteiger partial charge in [-0.1, -0.05) is 23.8 Å². The van der Waals surface area contributed by atoms with Crippen molar-refractivity contribution in [3.8, 4) is 0 Å². The van der Waals surface area contributed by atoms with Crippen LogP contribution in [-0.2, 0) is 4.74 Å². The summed E-state index contributed by atoms with van der Waals surface area (Å²) >= 11 is 5.71. The average Bonchev–Trinajstić information content (AvgIpc) is 2.25. The van der Waals surface area contributed by atoms with Crippen LogP contribution in [0.2, 0.25) is 5.02 Å². The Labute approximate surface area is 94.5 Å². The molecule has 0 aliphatic rings. The summed E-state index contributed by atoms with van der Waals surface area (Å²) in [5.74, 6) is -0.0313. The molecule has 15 heavy (non-hydrogen) atoms. The number of allylic oxidation sites excluding steroid dienone is 1. The molecule has 0 radical (unpaired) electrons. The van der Waals surface area contributed by atoms with Crippen LogP contribution in [0.25, 0.3) is 0 Å². The van der Waals surface area contributed by atoms with Gasteiger partial charge >= 0.3 is 0 Å². The Bertz CT molecular complexity index is 341. The fraction of sp³-hybridized carbons (Fsp3) is 0.250. The minimum Gasteiger partial charge on any atom is -0.369 e. The number of hydrogen-bond donors (Lipinski definition) is 0. The molecule has 1 aromatic rings. The molecule has 80 valence electrons. The molecule has 0 heterocycles. The number of rotatable bonds is 5. The number of ether oxygens (including phenoxy) is 1. The van der Waals surface area contributed by atoms with E-state index in [1.807, 2.05) is 19.1 Å². The van der Waals surface area contributed by atoms with Gasteiger partial charge in [-0.3, -0.25) is 4.79 Å². The van der Waals surface area contributed by atoms with Gasteiger partial charge in [0, 0.05) is 10.6 Å². The van der Waals surface area contributed by atoms with Gasteiger partial charge < -0.3 is 4.74 Å². The van der Waals surface area contributed by atoms with Crippen LogP contribution >= 0.6 is 11.6 Å². The molecule has 0 saturated heterocycles.